The quantitative estimate of drug-likeness (QED) is 0.908. The molecule has 1 aromatic rings. The van der Waals surface area contributed by atoms with Gasteiger partial charge in [-0.05, 0) is 56.1 Å². The lowest BCUT2D eigenvalue weighted by atomic mass is 9.55. The Morgan fingerprint density at radius 3 is 2.57 bits per heavy atom. The van der Waals surface area contributed by atoms with Crippen LogP contribution in [0.5, 0.6) is 5.75 Å². The van der Waals surface area contributed by atoms with Gasteiger partial charge in [0.15, 0.2) is 0 Å². The van der Waals surface area contributed by atoms with Crippen molar-refractivity contribution in [2.45, 2.75) is 57.1 Å². The van der Waals surface area contributed by atoms with E-state index in [0.717, 1.165) is 37.5 Å². The number of para-hydroxylation sites is 2. The van der Waals surface area contributed by atoms with E-state index in [0.29, 0.717) is 17.6 Å². The Hall–Kier alpha value is -1.22. The SMILES string of the molecule is c1ccc(OC2CC3(CCC3)C2)c(NC2CCOCC2)c1. The number of nitrogens with one attached hydrogen (secondary N) is 1. The summed E-state index contributed by atoms with van der Waals surface area (Å²) < 4.78 is 11.7. The van der Waals surface area contributed by atoms with Crippen LogP contribution in [0.25, 0.3) is 0 Å². The summed E-state index contributed by atoms with van der Waals surface area (Å²) in [7, 11) is 0. The summed E-state index contributed by atoms with van der Waals surface area (Å²) in [5, 5.41) is 3.65. The van der Waals surface area contributed by atoms with E-state index in [-0.39, 0.29) is 0 Å². The van der Waals surface area contributed by atoms with Crippen LogP contribution < -0.4 is 10.1 Å². The van der Waals surface area contributed by atoms with Crippen LogP contribution in [0, 0.1) is 5.41 Å². The maximum atomic E-state index is 6.26. The highest BCUT2D eigenvalue weighted by Crippen LogP contribution is 2.56. The molecular formula is C18H25NO2. The molecule has 21 heavy (non-hydrogen) atoms. The van der Waals surface area contributed by atoms with Crippen molar-refractivity contribution in [3.05, 3.63) is 24.3 Å². The fourth-order valence-corrected chi connectivity index (χ4v) is 4.00. The zero-order valence-corrected chi connectivity index (χ0v) is 12.6. The molecule has 3 fully saturated rings. The molecule has 3 aliphatic rings. The average molecular weight is 287 g/mol. The van der Waals surface area contributed by atoms with E-state index in [9.17, 15) is 0 Å². The number of hydrogen-bond acceptors (Lipinski definition) is 3. The highest BCUT2D eigenvalue weighted by atomic mass is 16.5. The fourth-order valence-electron chi connectivity index (χ4n) is 4.00. The van der Waals surface area contributed by atoms with Gasteiger partial charge in [-0.1, -0.05) is 18.6 Å². The zero-order chi connectivity index (χ0) is 14.1. The minimum Gasteiger partial charge on any atom is -0.488 e. The van der Waals surface area contributed by atoms with Crippen LogP contribution >= 0.6 is 0 Å². The van der Waals surface area contributed by atoms with E-state index >= 15 is 0 Å². The van der Waals surface area contributed by atoms with Crippen molar-refractivity contribution in [3.8, 4) is 5.75 Å². The van der Waals surface area contributed by atoms with E-state index < -0.39 is 0 Å². The Labute approximate surface area is 127 Å². The minimum absolute atomic E-state index is 0.433. The Morgan fingerprint density at radius 2 is 1.86 bits per heavy atom. The van der Waals surface area contributed by atoms with E-state index in [2.05, 4.69) is 29.6 Å². The van der Waals surface area contributed by atoms with Gasteiger partial charge < -0.3 is 14.8 Å². The van der Waals surface area contributed by atoms with Crippen LogP contribution in [0.4, 0.5) is 5.69 Å². The van der Waals surface area contributed by atoms with Crippen molar-refractivity contribution in [3.63, 3.8) is 0 Å². The molecule has 2 aliphatic carbocycles. The van der Waals surface area contributed by atoms with E-state index in [1.54, 1.807) is 0 Å². The molecule has 0 radical (unpaired) electrons. The van der Waals surface area contributed by atoms with Crippen LogP contribution in [0.2, 0.25) is 0 Å². The number of rotatable bonds is 4. The Kier molecular flexibility index (Phi) is 3.54. The second-order valence-corrected chi connectivity index (χ2v) is 7.03. The summed E-state index contributed by atoms with van der Waals surface area (Å²) in [5.41, 5.74) is 1.83. The number of anilines is 1. The molecule has 1 saturated heterocycles. The van der Waals surface area contributed by atoms with Gasteiger partial charge >= 0.3 is 0 Å². The van der Waals surface area contributed by atoms with Crippen LogP contribution in [0.1, 0.15) is 44.9 Å². The number of ether oxygens (including phenoxy) is 2. The summed E-state index contributed by atoms with van der Waals surface area (Å²) in [6.45, 7) is 1.73. The molecular weight excluding hydrogens is 262 g/mol. The molecule has 1 heterocycles. The first-order valence-corrected chi connectivity index (χ1v) is 8.43. The maximum Gasteiger partial charge on any atom is 0.142 e. The predicted molar refractivity (Wildman–Crippen MR) is 83.8 cm³/mol. The van der Waals surface area contributed by atoms with Gasteiger partial charge in [0.05, 0.1) is 11.8 Å². The van der Waals surface area contributed by atoms with Crippen LogP contribution in [0.15, 0.2) is 24.3 Å². The lowest BCUT2D eigenvalue weighted by molar-refractivity contribution is -0.0679. The summed E-state index contributed by atoms with van der Waals surface area (Å²) in [6, 6.07) is 8.92. The number of hydrogen-bond donors (Lipinski definition) is 1. The molecule has 4 rings (SSSR count). The van der Waals surface area contributed by atoms with Crippen LogP contribution in [-0.2, 0) is 4.74 Å². The fraction of sp³-hybridized carbons (Fsp3) is 0.667. The van der Waals surface area contributed by atoms with E-state index in [4.69, 9.17) is 9.47 Å². The zero-order valence-electron chi connectivity index (χ0n) is 12.6. The van der Waals surface area contributed by atoms with Crippen molar-refractivity contribution >= 4 is 5.69 Å². The summed E-state index contributed by atoms with van der Waals surface area (Å²) in [6.07, 6.45) is 9.40. The topological polar surface area (TPSA) is 30.5 Å². The van der Waals surface area contributed by atoms with Crippen LogP contribution in [0.3, 0.4) is 0 Å². The van der Waals surface area contributed by atoms with Gasteiger partial charge in [0.25, 0.3) is 0 Å². The Morgan fingerprint density at radius 1 is 1.10 bits per heavy atom. The first-order chi connectivity index (χ1) is 10.3. The molecule has 114 valence electrons. The van der Waals surface area contributed by atoms with Crippen molar-refractivity contribution in [2.75, 3.05) is 18.5 Å². The van der Waals surface area contributed by atoms with Gasteiger partial charge in [0, 0.05) is 19.3 Å². The standard InChI is InChI=1S/C18H25NO2/c1-2-5-17(21-15-12-18(13-15)8-3-9-18)16(4-1)19-14-6-10-20-11-7-14/h1-2,4-5,14-15,19H,3,6-13H2. The molecule has 1 aromatic carbocycles. The first-order valence-electron chi connectivity index (χ1n) is 8.43. The van der Waals surface area contributed by atoms with Gasteiger partial charge in [0.2, 0.25) is 0 Å². The van der Waals surface area contributed by atoms with Gasteiger partial charge in [-0.2, -0.15) is 0 Å². The molecule has 0 atom stereocenters. The van der Waals surface area contributed by atoms with E-state index in [1.807, 2.05) is 0 Å². The van der Waals surface area contributed by atoms with Gasteiger partial charge in [-0.3, -0.25) is 0 Å². The largest absolute Gasteiger partial charge is 0.488 e. The highest BCUT2D eigenvalue weighted by Gasteiger charge is 2.49. The lowest BCUT2D eigenvalue weighted by Crippen LogP contribution is -2.48. The lowest BCUT2D eigenvalue weighted by Gasteiger charge is -2.53. The predicted octanol–water partition coefficient (Wildman–Crippen LogP) is 3.99. The summed E-state index contributed by atoms with van der Waals surface area (Å²) in [5.74, 6) is 1.03. The third-order valence-corrected chi connectivity index (χ3v) is 5.50. The van der Waals surface area contributed by atoms with Gasteiger partial charge in [-0.25, -0.2) is 0 Å². The van der Waals surface area contributed by atoms with Crippen LogP contribution in [-0.4, -0.2) is 25.4 Å². The maximum absolute atomic E-state index is 6.26. The second kappa shape index (κ2) is 5.53. The molecule has 3 heteroatoms. The van der Waals surface area contributed by atoms with Crippen molar-refractivity contribution in [2.24, 2.45) is 5.41 Å². The molecule has 1 aliphatic heterocycles. The minimum atomic E-state index is 0.433. The molecule has 0 amide bonds. The molecule has 0 aromatic heterocycles. The molecule has 2 saturated carbocycles. The molecule has 3 nitrogen and oxygen atoms in total. The normalized spacial score (nSPS) is 25.1. The Balaban J connectivity index is 1.38. The summed E-state index contributed by atoms with van der Waals surface area (Å²) >= 11 is 0. The molecule has 1 spiro atoms. The average Bonchev–Trinajstić information content (AvgIpc) is 2.43. The summed E-state index contributed by atoms with van der Waals surface area (Å²) in [4.78, 5) is 0. The number of benzene rings is 1. The molecule has 1 N–H and O–H groups in total. The first kappa shape index (κ1) is 13.4. The van der Waals surface area contributed by atoms with Crippen molar-refractivity contribution < 1.29 is 9.47 Å². The Bertz CT molecular complexity index is 484. The highest BCUT2D eigenvalue weighted by molar-refractivity contribution is 5.57. The van der Waals surface area contributed by atoms with E-state index in [1.165, 1.54) is 32.1 Å². The third kappa shape index (κ3) is 2.76. The molecule has 0 unspecified atom stereocenters. The smallest absolute Gasteiger partial charge is 0.142 e. The second-order valence-electron chi connectivity index (χ2n) is 7.03. The van der Waals surface area contributed by atoms with Crippen molar-refractivity contribution in [1.82, 2.24) is 0 Å². The van der Waals surface area contributed by atoms with Crippen molar-refractivity contribution in [1.29, 1.82) is 0 Å². The van der Waals surface area contributed by atoms with Gasteiger partial charge in [0.1, 0.15) is 5.75 Å². The third-order valence-electron chi connectivity index (χ3n) is 5.50. The monoisotopic (exact) mass is 287 g/mol. The molecule has 0 bridgehead atoms. The van der Waals surface area contributed by atoms with Gasteiger partial charge in [-0.15, -0.1) is 0 Å².